The first-order valence-electron chi connectivity index (χ1n) is 10.9. The summed E-state index contributed by atoms with van der Waals surface area (Å²) in [6.07, 6.45) is 1.72. The van der Waals surface area contributed by atoms with E-state index in [4.69, 9.17) is 0 Å². The van der Waals surface area contributed by atoms with Crippen LogP contribution in [-0.4, -0.2) is 29.9 Å². The Morgan fingerprint density at radius 1 is 1.03 bits per heavy atom. The number of alkyl halides is 2. The number of aromatic nitrogens is 1. The van der Waals surface area contributed by atoms with Gasteiger partial charge in [0, 0.05) is 44.8 Å². The molecular weight excluding hydrogens is 408 g/mol. The zero-order chi connectivity index (χ0) is 22.7. The molecule has 0 aliphatic carbocycles. The molecule has 3 aromatic rings. The number of para-hydroxylation sites is 1. The number of halogens is 2. The number of carbonyl (C=O) groups is 1. The Kier molecular flexibility index (Phi) is 6.21. The predicted molar refractivity (Wildman–Crippen MR) is 127 cm³/mol. The van der Waals surface area contributed by atoms with E-state index in [0.29, 0.717) is 30.0 Å². The van der Waals surface area contributed by atoms with Crippen molar-refractivity contribution in [3.63, 3.8) is 0 Å². The average Bonchev–Trinajstić information content (AvgIpc) is 2.95. The van der Waals surface area contributed by atoms with Crippen LogP contribution in [0.4, 0.5) is 20.3 Å². The van der Waals surface area contributed by atoms with Gasteiger partial charge in [-0.15, -0.1) is 0 Å². The zero-order valence-corrected chi connectivity index (χ0v) is 18.4. The van der Waals surface area contributed by atoms with Gasteiger partial charge in [0.1, 0.15) is 5.82 Å². The van der Waals surface area contributed by atoms with Gasteiger partial charge in [0.2, 0.25) is 5.92 Å². The molecule has 1 saturated heterocycles. The Bertz CT molecular complexity index is 1100. The first kappa shape index (κ1) is 21.9. The fourth-order valence-electron chi connectivity index (χ4n) is 4.12. The average molecular weight is 438 g/mol. The molecule has 2 aromatic carbocycles. The molecule has 0 radical (unpaired) electrons. The van der Waals surface area contributed by atoms with Crippen LogP contribution >= 0.6 is 0 Å². The molecule has 1 fully saturated rings. The summed E-state index contributed by atoms with van der Waals surface area (Å²) >= 11 is 0. The second kappa shape index (κ2) is 9.07. The molecule has 1 N–H and O–H groups in total. The number of nitrogens with one attached hydrogen (secondary N) is 1. The molecule has 0 spiro atoms. The molecular formula is C26H29F2N3O. The number of anilines is 2. The molecule has 4 nitrogen and oxygen atoms in total. The van der Waals surface area contributed by atoms with Gasteiger partial charge < -0.3 is 10.2 Å². The molecule has 168 valence electrons. The highest BCUT2D eigenvalue weighted by Crippen LogP contribution is 2.34. The smallest absolute Gasteiger partial charge is 0.259 e. The van der Waals surface area contributed by atoms with Crippen LogP contribution in [0.25, 0.3) is 11.1 Å². The predicted octanol–water partition coefficient (Wildman–Crippen LogP) is 6.49. The van der Waals surface area contributed by atoms with Gasteiger partial charge in [-0.05, 0) is 43.5 Å². The van der Waals surface area contributed by atoms with Gasteiger partial charge in [-0.2, -0.15) is 0 Å². The van der Waals surface area contributed by atoms with Crippen molar-refractivity contribution in [2.24, 2.45) is 0 Å². The van der Waals surface area contributed by atoms with E-state index in [-0.39, 0.29) is 26.7 Å². The minimum atomic E-state index is -2.68. The van der Waals surface area contributed by atoms with Gasteiger partial charge in [0.25, 0.3) is 5.91 Å². The lowest BCUT2D eigenvalue weighted by Crippen LogP contribution is -2.30. The van der Waals surface area contributed by atoms with E-state index < -0.39 is 5.92 Å². The van der Waals surface area contributed by atoms with Crippen molar-refractivity contribution in [2.45, 2.75) is 39.0 Å². The Labute approximate surface area is 188 Å². The van der Waals surface area contributed by atoms with Crippen LogP contribution in [0.5, 0.6) is 0 Å². The summed E-state index contributed by atoms with van der Waals surface area (Å²) in [5, 5.41) is 2.94. The molecule has 1 aliphatic rings. The number of benzene rings is 2. The van der Waals surface area contributed by atoms with E-state index >= 15 is 0 Å². The molecule has 1 aliphatic heterocycles. The number of aryl methyl sites for hydroxylation is 1. The number of hydrogen-bond acceptors (Lipinski definition) is 3. The Morgan fingerprint density at radius 2 is 1.75 bits per heavy atom. The third-order valence-electron chi connectivity index (χ3n) is 5.96. The Hall–Kier alpha value is -3.28. The van der Waals surface area contributed by atoms with Crippen molar-refractivity contribution < 1.29 is 15.0 Å². The van der Waals surface area contributed by atoms with Gasteiger partial charge in [0.05, 0.1) is 5.56 Å². The first-order valence-corrected chi connectivity index (χ1v) is 10.9. The fourth-order valence-corrected chi connectivity index (χ4v) is 4.12. The zero-order valence-electron chi connectivity index (χ0n) is 18.4. The van der Waals surface area contributed by atoms with E-state index in [1.54, 1.807) is 6.20 Å². The highest BCUT2D eigenvalue weighted by atomic mass is 19.3. The van der Waals surface area contributed by atoms with Crippen LogP contribution in [0.2, 0.25) is 0 Å². The standard InChI is InChI=1S/C26H27F2N3O.H2/c1-18-9-11-20(12-10-18)22-17-29-24(31-15-6-13-26(27,28)14-16-31)23(19(22)2)25(32)30-21-7-4-3-5-8-21;/h3-5,7-12,17H,6,13-16H2,1-2H3,(H,30,32);1H. The fraction of sp³-hybridized carbons (Fsp3) is 0.308. The third-order valence-corrected chi connectivity index (χ3v) is 5.96. The number of carbonyl (C=O) groups excluding carboxylic acids is 1. The normalized spacial score (nSPS) is 15.8. The van der Waals surface area contributed by atoms with E-state index in [1.165, 1.54) is 0 Å². The van der Waals surface area contributed by atoms with Crippen LogP contribution in [0.15, 0.2) is 60.8 Å². The maximum Gasteiger partial charge on any atom is 0.259 e. The molecule has 1 amide bonds. The summed E-state index contributed by atoms with van der Waals surface area (Å²) in [6, 6.07) is 17.3. The number of rotatable bonds is 4. The van der Waals surface area contributed by atoms with Gasteiger partial charge >= 0.3 is 0 Å². The molecule has 0 bridgehead atoms. The van der Waals surface area contributed by atoms with Crippen molar-refractivity contribution in [1.29, 1.82) is 0 Å². The Balaban J connectivity index is 0.00000306. The largest absolute Gasteiger partial charge is 0.356 e. The van der Waals surface area contributed by atoms with Crippen molar-refractivity contribution >= 4 is 17.4 Å². The summed E-state index contributed by atoms with van der Waals surface area (Å²) < 4.78 is 27.9. The molecule has 1 aromatic heterocycles. The quantitative estimate of drug-likeness (QED) is 0.507. The van der Waals surface area contributed by atoms with Crippen molar-refractivity contribution in [1.82, 2.24) is 4.98 Å². The second-order valence-corrected chi connectivity index (χ2v) is 8.38. The minimum Gasteiger partial charge on any atom is -0.356 e. The van der Waals surface area contributed by atoms with Crippen LogP contribution in [0, 0.1) is 13.8 Å². The maximum atomic E-state index is 14.0. The minimum absolute atomic E-state index is 0. The van der Waals surface area contributed by atoms with Crippen LogP contribution in [-0.2, 0) is 0 Å². The lowest BCUT2D eigenvalue weighted by molar-refractivity contribution is -0.0102. The number of pyridine rings is 1. The van der Waals surface area contributed by atoms with Crippen molar-refractivity contribution in [2.75, 3.05) is 23.3 Å². The molecule has 2 heterocycles. The molecule has 0 saturated carbocycles. The summed E-state index contributed by atoms with van der Waals surface area (Å²) in [5.41, 5.74) is 4.84. The third kappa shape index (κ3) is 4.79. The second-order valence-electron chi connectivity index (χ2n) is 8.38. The SMILES string of the molecule is Cc1ccc(-c2cnc(N3CCCC(F)(F)CC3)c(C(=O)Nc3ccccc3)c2C)cc1.[HH]. The van der Waals surface area contributed by atoms with Crippen LogP contribution in [0.3, 0.4) is 0 Å². The summed E-state index contributed by atoms with van der Waals surface area (Å²) in [4.78, 5) is 19.9. The van der Waals surface area contributed by atoms with Gasteiger partial charge in [-0.1, -0.05) is 48.0 Å². The van der Waals surface area contributed by atoms with Crippen LogP contribution < -0.4 is 10.2 Å². The van der Waals surface area contributed by atoms with E-state index in [0.717, 1.165) is 22.3 Å². The molecule has 0 atom stereocenters. The van der Waals surface area contributed by atoms with Gasteiger partial charge in [0.15, 0.2) is 0 Å². The summed E-state index contributed by atoms with van der Waals surface area (Å²) in [7, 11) is 0. The molecule has 0 unspecified atom stereocenters. The van der Waals surface area contributed by atoms with Crippen molar-refractivity contribution in [3.8, 4) is 11.1 Å². The Morgan fingerprint density at radius 3 is 2.47 bits per heavy atom. The monoisotopic (exact) mass is 437 g/mol. The highest BCUT2D eigenvalue weighted by Gasteiger charge is 2.33. The maximum absolute atomic E-state index is 14.0. The highest BCUT2D eigenvalue weighted by molar-refractivity contribution is 6.09. The molecule has 32 heavy (non-hydrogen) atoms. The lowest BCUT2D eigenvalue weighted by Gasteiger charge is -2.26. The number of amides is 1. The van der Waals surface area contributed by atoms with Gasteiger partial charge in [-0.3, -0.25) is 4.79 Å². The van der Waals surface area contributed by atoms with Crippen LogP contribution in [0.1, 0.15) is 42.2 Å². The molecule has 4 rings (SSSR count). The number of nitrogens with zero attached hydrogens (tertiary/aromatic N) is 2. The lowest BCUT2D eigenvalue weighted by atomic mass is 9.97. The summed E-state index contributed by atoms with van der Waals surface area (Å²) in [6.45, 7) is 4.52. The molecule has 6 heteroatoms. The van der Waals surface area contributed by atoms with E-state index in [9.17, 15) is 13.6 Å². The summed E-state index contributed by atoms with van der Waals surface area (Å²) in [5.74, 6) is -2.51. The van der Waals surface area contributed by atoms with Crippen molar-refractivity contribution in [3.05, 3.63) is 77.5 Å². The topological polar surface area (TPSA) is 45.2 Å². The van der Waals surface area contributed by atoms with Gasteiger partial charge in [-0.25, -0.2) is 13.8 Å². The van der Waals surface area contributed by atoms with E-state index in [1.807, 2.05) is 73.3 Å². The van der Waals surface area contributed by atoms with E-state index in [2.05, 4.69) is 10.3 Å². The first-order chi connectivity index (χ1) is 15.3. The number of hydrogen-bond donors (Lipinski definition) is 1.